The average molecular weight is 293 g/mol. The Balaban J connectivity index is 3.00. The van der Waals surface area contributed by atoms with Crippen LogP contribution in [0.2, 0.25) is 10.2 Å². The van der Waals surface area contributed by atoms with E-state index in [9.17, 15) is 4.55 Å². The molecule has 0 aliphatic heterocycles. The van der Waals surface area contributed by atoms with Crippen molar-refractivity contribution in [2.24, 2.45) is 4.40 Å². The lowest BCUT2D eigenvalue weighted by Gasteiger charge is -2.17. The molecule has 17 heavy (non-hydrogen) atoms. The number of aryl methyl sites for hydroxylation is 1. The lowest BCUT2D eigenvalue weighted by Crippen LogP contribution is -2.25. The molecule has 0 amide bonds. The van der Waals surface area contributed by atoms with Gasteiger partial charge in [-0.1, -0.05) is 27.6 Å². The van der Waals surface area contributed by atoms with E-state index in [1.807, 2.05) is 20.8 Å². The van der Waals surface area contributed by atoms with Gasteiger partial charge in [0.2, 0.25) is 0 Å². The van der Waals surface area contributed by atoms with E-state index < -0.39 is 16.1 Å². The highest BCUT2D eigenvalue weighted by Crippen LogP contribution is 2.23. The molecule has 0 bridgehead atoms. The number of pyridine rings is 1. The standard InChI is InChI=1S/C11H14Cl2N2OS/c1-7-5-9(12)8(10(13)15-7)6-14-17(16)11(2,3)4/h5-6H,1-4H3/b14-6+. The minimum Gasteiger partial charge on any atom is -0.591 e. The molecule has 3 nitrogen and oxygen atoms in total. The fraction of sp³-hybridized carbons (Fsp3) is 0.455. The number of nitrogens with zero attached hydrogens (tertiary/aromatic N) is 2. The van der Waals surface area contributed by atoms with Crippen molar-refractivity contribution >= 4 is 40.8 Å². The SMILES string of the molecule is Cc1cc(Cl)c(/C=N/[S+]([O-])C(C)(C)C)c(Cl)n1. The van der Waals surface area contributed by atoms with Gasteiger partial charge in [0, 0.05) is 5.69 Å². The van der Waals surface area contributed by atoms with Gasteiger partial charge in [0.25, 0.3) is 0 Å². The van der Waals surface area contributed by atoms with Crippen molar-refractivity contribution in [2.45, 2.75) is 32.4 Å². The van der Waals surface area contributed by atoms with Gasteiger partial charge in [-0.3, -0.25) is 0 Å². The first kappa shape index (κ1) is 14.8. The highest BCUT2D eigenvalue weighted by atomic mass is 35.5. The van der Waals surface area contributed by atoms with Gasteiger partial charge in [-0.05, 0) is 33.8 Å². The van der Waals surface area contributed by atoms with Crippen LogP contribution in [0.5, 0.6) is 0 Å². The number of rotatable bonds is 2. The maximum Gasteiger partial charge on any atom is 0.144 e. The molecular formula is C11H14Cl2N2OS. The number of hydrogen-bond acceptors (Lipinski definition) is 3. The van der Waals surface area contributed by atoms with Crippen molar-refractivity contribution in [3.63, 3.8) is 0 Å². The highest BCUT2D eigenvalue weighted by Gasteiger charge is 2.26. The molecule has 1 atom stereocenters. The minimum absolute atomic E-state index is 0.268. The van der Waals surface area contributed by atoms with Crippen LogP contribution in [0.25, 0.3) is 0 Å². The summed E-state index contributed by atoms with van der Waals surface area (Å²) in [6, 6.07) is 1.69. The smallest absolute Gasteiger partial charge is 0.144 e. The Labute approximate surface area is 115 Å². The summed E-state index contributed by atoms with van der Waals surface area (Å²) >= 11 is 10.6. The van der Waals surface area contributed by atoms with Gasteiger partial charge < -0.3 is 4.55 Å². The fourth-order valence-electron chi connectivity index (χ4n) is 0.981. The Morgan fingerprint density at radius 3 is 2.47 bits per heavy atom. The molecule has 1 heterocycles. The van der Waals surface area contributed by atoms with Gasteiger partial charge in [-0.25, -0.2) is 4.98 Å². The summed E-state index contributed by atoms with van der Waals surface area (Å²) in [4.78, 5) is 4.07. The molecule has 1 aromatic rings. The summed E-state index contributed by atoms with van der Waals surface area (Å²) in [6.45, 7) is 7.33. The summed E-state index contributed by atoms with van der Waals surface area (Å²) in [5.74, 6) is 0. The van der Waals surface area contributed by atoms with Crippen molar-refractivity contribution < 1.29 is 4.55 Å². The first-order valence-corrected chi connectivity index (χ1v) is 6.87. The third-order valence-corrected chi connectivity index (χ3v) is 3.84. The van der Waals surface area contributed by atoms with E-state index in [2.05, 4.69) is 9.38 Å². The maximum absolute atomic E-state index is 11.7. The van der Waals surface area contributed by atoms with Gasteiger partial charge in [0.05, 0.1) is 16.8 Å². The Kier molecular flexibility index (Phi) is 4.84. The predicted molar refractivity (Wildman–Crippen MR) is 74.5 cm³/mol. The van der Waals surface area contributed by atoms with Gasteiger partial charge in [-0.15, -0.1) is 0 Å². The molecule has 1 unspecified atom stereocenters. The molecule has 1 aromatic heterocycles. The van der Waals surface area contributed by atoms with Crippen molar-refractivity contribution in [1.29, 1.82) is 0 Å². The topological polar surface area (TPSA) is 48.3 Å². The van der Waals surface area contributed by atoms with E-state index in [4.69, 9.17) is 23.2 Å². The zero-order valence-corrected chi connectivity index (χ0v) is 12.4. The lowest BCUT2D eigenvalue weighted by atomic mass is 10.3. The summed E-state index contributed by atoms with van der Waals surface area (Å²) < 4.78 is 15.3. The molecule has 0 saturated carbocycles. The number of halogens is 2. The van der Waals surface area contributed by atoms with E-state index in [0.717, 1.165) is 5.69 Å². The first-order chi connectivity index (χ1) is 7.71. The van der Waals surface area contributed by atoms with Crippen molar-refractivity contribution in [1.82, 2.24) is 4.98 Å². The van der Waals surface area contributed by atoms with Crippen molar-refractivity contribution in [3.8, 4) is 0 Å². The van der Waals surface area contributed by atoms with Gasteiger partial charge in [0.15, 0.2) is 0 Å². The summed E-state index contributed by atoms with van der Waals surface area (Å²) in [5, 5.41) is 0.724. The van der Waals surface area contributed by atoms with E-state index in [0.29, 0.717) is 10.6 Å². The van der Waals surface area contributed by atoms with E-state index in [1.165, 1.54) is 6.21 Å². The Hall–Kier alpha value is -0.290. The molecule has 0 saturated heterocycles. The second-order valence-corrected chi connectivity index (χ2v) is 7.25. The molecule has 94 valence electrons. The minimum atomic E-state index is -1.34. The first-order valence-electron chi connectivity index (χ1n) is 5.00. The van der Waals surface area contributed by atoms with Crippen LogP contribution in [0, 0.1) is 6.92 Å². The second-order valence-electron chi connectivity index (χ2n) is 4.55. The molecule has 0 aliphatic carbocycles. The quantitative estimate of drug-likeness (QED) is 0.475. The zero-order chi connectivity index (χ0) is 13.2. The third kappa shape index (κ3) is 4.14. The molecule has 0 spiro atoms. The normalized spacial score (nSPS) is 14.3. The van der Waals surface area contributed by atoms with E-state index in [1.54, 1.807) is 13.0 Å². The van der Waals surface area contributed by atoms with Crippen LogP contribution in [0.1, 0.15) is 32.0 Å². The molecule has 0 aliphatic rings. The van der Waals surface area contributed by atoms with Gasteiger partial charge in [0.1, 0.15) is 21.3 Å². The van der Waals surface area contributed by atoms with Crippen LogP contribution in [0.4, 0.5) is 0 Å². The van der Waals surface area contributed by atoms with Crippen LogP contribution < -0.4 is 0 Å². The number of aromatic nitrogens is 1. The van der Waals surface area contributed by atoms with Crippen LogP contribution in [0.15, 0.2) is 10.5 Å². The molecule has 0 fully saturated rings. The molecule has 0 radical (unpaired) electrons. The van der Waals surface area contributed by atoms with Crippen LogP contribution >= 0.6 is 23.2 Å². The van der Waals surface area contributed by atoms with Crippen LogP contribution in [-0.4, -0.2) is 20.5 Å². The highest BCUT2D eigenvalue weighted by molar-refractivity contribution is 7.91. The largest absolute Gasteiger partial charge is 0.591 e. The monoisotopic (exact) mass is 292 g/mol. The lowest BCUT2D eigenvalue weighted by molar-refractivity contribution is 0.562. The average Bonchev–Trinajstić information content (AvgIpc) is 2.13. The zero-order valence-electron chi connectivity index (χ0n) is 10.1. The van der Waals surface area contributed by atoms with Gasteiger partial charge in [-0.2, -0.15) is 0 Å². The summed E-state index contributed by atoms with van der Waals surface area (Å²) in [5.41, 5.74) is 1.23. The Morgan fingerprint density at radius 1 is 1.41 bits per heavy atom. The molecule has 0 N–H and O–H groups in total. The molecule has 6 heteroatoms. The summed E-state index contributed by atoms with van der Waals surface area (Å²) in [6.07, 6.45) is 1.42. The molecular weight excluding hydrogens is 279 g/mol. The van der Waals surface area contributed by atoms with Crippen LogP contribution in [0.3, 0.4) is 0 Å². The summed E-state index contributed by atoms with van der Waals surface area (Å²) in [7, 11) is 0. The van der Waals surface area contributed by atoms with E-state index in [-0.39, 0.29) is 5.15 Å². The predicted octanol–water partition coefficient (Wildman–Crippen LogP) is 3.58. The maximum atomic E-state index is 11.7. The fourth-order valence-corrected chi connectivity index (χ4v) is 2.13. The number of hydrogen-bond donors (Lipinski definition) is 0. The van der Waals surface area contributed by atoms with Crippen molar-refractivity contribution in [3.05, 3.63) is 27.5 Å². The van der Waals surface area contributed by atoms with Gasteiger partial charge >= 0.3 is 0 Å². The molecule has 0 aromatic carbocycles. The molecule has 1 rings (SSSR count). The third-order valence-electron chi connectivity index (χ3n) is 1.89. The Bertz CT molecular complexity index is 421. The second kappa shape index (κ2) is 5.57. The van der Waals surface area contributed by atoms with Crippen molar-refractivity contribution in [2.75, 3.05) is 0 Å². The van der Waals surface area contributed by atoms with E-state index >= 15 is 0 Å². The van der Waals surface area contributed by atoms with Crippen LogP contribution in [-0.2, 0) is 11.4 Å². The Morgan fingerprint density at radius 2 is 2.00 bits per heavy atom.